The average Bonchev–Trinajstić information content (AvgIpc) is 2.72. The molecule has 0 radical (unpaired) electrons. The molecule has 0 N–H and O–H groups in total. The first-order chi connectivity index (χ1) is 12.8. The Labute approximate surface area is 155 Å². The van der Waals surface area contributed by atoms with E-state index in [0.29, 0.717) is 13.0 Å². The zero-order chi connectivity index (χ0) is 18.0. The highest BCUT2D eigenvalue weighted by atomic mass is 16.5. The lowest BCUT2D eigenvalue weighted by atomic mass is 10.00. The van der Waals surface area contributed by atoms with Crippen LogP contribution in [0, 0.1) is 0 Å². The largest absolute Gasteiger partial charge is 0.373 e. The molecule has 0 fully saturated rings. The number of ketones is 1. The molecule has 3 aromatic rings. The summed E-state index contributed by atoms with van der Waals surface area (Å²) in [6, 6.07) is 29.9. The van der Waals surface area contributed by atoms with Crippen molar-refractivity contribution in [1.82, 2.24) is 0 Å². The van der Waals surface area contributed by atoms with Crippen molar-refractivity contribution in [2.45, 2.75) is 32.0 Å². The van der Waals surface area contributed by atoms with E-state index in [1.165, 1.54) is 5.56 Å². The Morgan fingerprint density at radius 2 is 1.27 bits per heavy atom. The van der Waals surface area contributed by atoms with Crippen molar-refractivity contribution >= 4 is 5.78 Å². The fourth-order valence-electron chi connectivity index (χ4n) is 2.95. The van der Waals surface area contributed by atoms with Crippen LogP contribution in [-0.2, 0) is 17.8 Å². The normalized spacial score (nSPS) is 11.8. The number of rotatable bonds is 9. The van der Waals surface area contributed by atoms with Crippen LogP contribution >= 0.6 is 0 Å². The lowest BCUT2D eigenvalue weighted by Gasteiger charge is -2.18. The summed E-state index contributed by atoms with van der Waals surface area (Å²) >= 11 is 0. The molecule has 0 saturated carbocycles. The fraction of sp³-hybridized carbons (Fsp3) is 0.208. The maximum atomic E-state index is 12.6. The lowest BCUT2D eigenvalue weighted by Crippen LogP contribution is -2.19. The van der Waals surface area contributed by atoms with E-state index in [0.717, 1.165) is 24.0 Å². The van der Waals surface area contributed by atoms with Crippen LogP contribution in [0.15, 0.2) is 91.0 Å². The molecule has 1 unspecified atom stereocenters. The van der Waals surface area contributed by atoms with Gasteiger partial charge in [0.1, 0.15) is 0 Å². The number of carbonyl (C=O) groups is 1. The van der Waals surface area contributed by atoms with Crippen molar-refractivity contribution in [2.75, 3.05) is 0 Å². The number of hydrogen-bond acceptors (Lipinski definition) is 2. The Balaban J connectivity index is 1.63. The van der Waals surface area contributed by atoms with Crippen molar-refractivity contribution in [3.8, 4) is 0 Å². The van der Waals surface area contributed by atoms with Gasteiger partial charge in [0.2, 0.25) is 0 Å². The summed E-state index contributed by atoms with van der Waals surface area (Å²) in [4.78, 5) is 12.6. The topological polar surface area (TPSA) is 26.3 Å². The molecule has 0 heterocycles. The van der Waals surface area contributed by atoms with Gasteiger partial charge in [-0.15, -0.1) is 0 Å². The molecule has 1 atom stereocenters. The van der Waals surface area contributed by atoms with Gasteiger partial charge in [-0.05, 0) is 24.0 Å². The number of benzene rings is 3. The molecule has 0 aliphatic rings. The summed E-state index contributed by atoms with van der Waals surface area (Å²) in [5, 5.41) is 0. The van der Waals surface area contributed by atoms with E-state index in [2.05, 4.69) is 12.1 Å². The Kier molecular flexibility index (Phi) is 6.74. The third-order valence-corrected chi connectivity index (χ3v) is 4.44. The van der Waals surface area contributed by atoms with Crippen LogP contribution in [0.4, 0.5) is 0 Å². The lowest BCUT2D eigenvalue weighted by molar-refractivity contribution is 0.0293. The van der Waals surface area contributed by atoms with E-state index in [1.54, 1.807) is 0 Å². The minimum Gasteiger partial charge on any atom is -0.373 e. The summed E-state index contributed by atoms with van der Waals surface area (Å²) in [6.07, 6.45) is 2.05. The van der Waals surface area contributed by atoms with Crippen LogP contribution in [0.3, 0.4) is 0 Å². The molecule has 2 nitrogen and oxygen atoms in total. The monoisotopic (exact) mass is 344 g/mol. The van der Waals surface area contributed by atoms with E-state index >= 15 is 0 Å². The van der Waals surface area contributed by atoms with E-state index in [1.807, 2.05) is 78.9 Å². The van der Waals surface area contributed by atoms with Crippen LogP contribution in [-0.4, -0.2) is 11.9 Å². The molecule has 3 aromatic carbocycles. The molecule has 0 spiro atoms. The molecule has 3 rings (SSSR count). The van der Waals surface area contributed by atoms with Gasteiger partial charge in [-0.25, -0.2) is 0 Å². The summed E-state index contributed by atoms with van der Waals surface area (Å²) in [5.74, 6) is 0.136. The molecule has 0 aromatic heterocycles. The van der Waals surface area contributed by atoms with E-state index in [9.17, 15) is 4.79 Å². The van der Waals surface area contributed by atoms with Crippen molar-refractivity contribution < 1.29 is 9.53 Å². The zero-order valence-corrected chi connectivity index (χ0v) is 14.9. The van der Waals surface area contributed by atoms with Crippen molar-refractivity contribution in [3.63, 3.8) is 0 Å². The summed E-state index contributed by atoms with van der Waals surface area (Å²) in [6.45, 7) is 0.530. The van der Waals surface area contributed by atoms with Gasteiger partial charge in [0.05, 0.1) is 12.7 Å². The summed E-state index contributed by atoms with van der Waals surface area (Å²) < 4.78 is 6.12. The molecular formula is C24H24O2. The van der Waals surface area contributed by atoms with Crippen LogP contribution in [0.25, 0.3) is 0 Å². The first-order valence-electron chi connectivity index (χ1n) is 9.09. The highest BCUT2D eigenvalue weighted by Crippen LogP contribution is 2.16. The third-order valence-electron chi connectivity index (χ3n) is 4.44. The van der Waals surface area contributed by atoms with Crippen molar-refractivity contribution in [2.24, 2.45) is 0 Å². The molecule has 0 bridgehead atoms. The fourth-order valence-corrected chi connectivity index (χ4v) is 2.95. The van der Waals surface area contributed by atoms with Crippen molar-refractivity contribution in [1.29, 1.82) is 0 Å². The van der Waals surface area contributed by atoms with E-state index < -0.39 is 0 Å². The molecule has 2 heteroatoms. The van der Waals surface area contributed by atoms with Crippen molar-refractivity contribution in [3.05, 3.63) is 108 Å². The van der Waals surface area contributed by atoms with Crippen LogP contribution in [0.1, 0.15) is 34.3 Å². The Morgan fingerprint density at radius 1 is 0.731 bits per heavy atom. The second-order valence-corrected chi connectivity index (χ2v) is 6.44. The maximum absolute atomic E-state index is 12.6. The molecular weight excluding hydrogens is 320 g/mol. The third kappa shape index (κ3) is 5.68. The van der Waals surface area contributed by atoms with Gasteiger partial charge in [-0.2, -0.15) is 0 Å². The number of Topliss-reactive ketones (excluding diaryl/α,β-unsaturated/α-hetero) is 1. The second kappa shape index (κ2) is 9.69. The molecule has 26 heavy (non-hydrogen) atoms. The standard InChI is InChI=1S/C24H24O2/c25-24(22-14-8-3-9-15-22)18-23(17-16-20-10-4-1-5-11-20)26-19-21-12-6-2-7-13-21/h1-15,23H,16-19H2. The summed E-state index contributed by atoms with van der Waals surface area (Å²) in [7, 11) is 0. The Bertz CT molecular complexity index is 739. The first-order valence-corrected chi connectivity index (χ1v) is 9.09. The molecule has 0 amide bonds. The molecule has 0 saturated heterocycles. The SMILES string of the molecule is O=C(CC(CCc1ccccc1)OCc1ccccc1)c1ccccc1. The number of ether oxygens (including phenoxy) is 1. The number of hydrogen-bond donors (Lipinski definition) is 0. The molecule has 0 aliphatic carbocycles. The van der Waals surface area contributed by atoms with Gasteiger partial charge >= 0.3 is 0 Å². The molecule has 132 valence electrons. The van der Waals surface area contributed by atoms with Crippen LogP contribution < -0.4 is 0 Å². The van der Waals surface area contributed by atoms with Gasteiger partial charge in [0.15, 0.2) is 5.78 Å². The zero-order valence-electron chi connectivity index (χ0n) is 14.9. The van der Waals surface area contributed by atoms with Crippen LogP contribution in [0.5, 0.6) is 0 Å². The van der Waals surface area contributed by atoms with Gasteiger partial charge in [0.25, 0.3) is 0 Å². The van der Waals surface area contributed by atoms with Gasteiger partial charge < -0.3 is 4.74 Å². The predicted octanol–water partition coefficient (Wildman–Crippen LogP) is 5.48. The minimum atomic E-state index is -0.0943. The molecule has 0 aliphatic heterocycles. The summed E-state index contributed by atoms with van der Waals surface area (Å²) in [5.41, 5.74) is 3.15. The van der Waals surface area contributed by atoms with E-state index in [4.69, 9.17) is 4.74 Å². The van der Waals surface area contributed by atoms with Gasteiger partial charge in [0, 0.05) is 12.0 Å². The second-order valence-electron chi connectivity index (χ2n) is 6.44. The highest BCUT2D eigenvalue weighted by Gasteiger charge is 2.16. The van der Waals surface area contributed by atoms with E-state index in [-0.39, 0.29) is 11.9 Å². The maximum Gasteiger partial charge on any atom is 0.165 e. The number of carbonyl (C=O) groups excluding carboxylic acids is 1. The average molecular weight is 344 g/mol. The first kappa shape index (κ1) is 18.1. The van der Waals surface area contributed by atoms with Crippen LogP contribution in [0.2, 0.25) is 0 Å². The van der Waals surface area contributed by atoms with Gasteiger partial charge in [-0.3, -0.25) is 4.79 Å². The van der Waals surface area contributed by atoms with Gasteiger partial charge in [-0.1, -0.05) is 91.0 Å². The Morgan fingerprint density at radius 3 is 1.88 bits per heavy atom. The predicted molar refractivity (Wildman–Crippen MR) is 105 cm³/mol. The smallest absolute Gasteiger partial charge is 0.165 e. The minimum absolute atomic E-state index is 0.0943. The highest BCUT2D eigenvalue weighted by molar-refractivity contribution is 5.96. The number of aryl methyl sites for hydroxylation is 1. The quantitative estimate of drug-likeness (QED) is 0.481. The Hall–Kier alpha value is -2.71.